The van der Waals surface area contributed by atoms with Gasteiger partial charge in [-0.2, -0.15) is 0 Å². The Morgan fingerprint density at radius 2 is 2.25 bits per heavy atom. The van der Waals surface area contributed by atoms with Crippen LogP contribution in [0.15, 0.2) is 18.2 Å². The third kappa shape index (κ3) is 4.55. The van der Waals surface area contributed by atoms with Gasteiger partial charge in [-0.3, -0.25) is 10.1 Å². The van der Waals surface area contributed by atoms with Crippen molar-refractivity contribution in [1.82, 2.24) is 4.90 Å². The largest absolute Gasteiger partial charge is 0.345 e. The molecule has 1 aromatic rings. The zero-order valence-corrected chi connectivity index (χ0v) is 15.5. The van der Waals surface area contributed by atoms with Crippen molar-refractivity contribution >= 4 is 50.1 Å². The first kappa shape index (κ1) is 18.9. The number of nitrogens with zero attached hydrogens (tertiary/aromatic N) is 2. The molecule has 0 saturated carbocycles. The van der Waals surface area contributed by atoms with Crippen LogP contribution in [-0.4, -0.2) is 47.4 Å². The molecule has 10 heteroatoms. The van der Waals surface area contributed by atoms with Crippen molar-refractivity contribution in [2.75, 3.05) is 23.4 Å². The zero-order valence-electron chi connectivity index (χ0n) is 13.1. The normalized spacial score (nSPS) is 19.0. The second kappa shape index (κ2) is 7.62. The number of hydrogen-bond donors (Lipinski definition) is 1. The van der Waals surface area contributed by atoms with E-state index in [1.54, 1.807) is 0 Å². The first-order valence-corrected chi connectivity index (χ1v) is 10.1. The Kier molecular flexibility index (Phi) is 6.00. The van der Waals surface area contributed by atoms with Crippen molar-refractivity contribution in [3.8, 4) is 0 Å². The number of nitro benzene ring substituents is 1. The number of sulfone groups is 1. The Morgan fingerprint density at radius 3 is 2.79 bits per heavy atom. The Labute approximate surface area is 151 Å². The van der Waals surface area contributed by atoms with Gasteiger partial charge >= 0.3 is 0 Å². The van der Waals surface area contributed by atoms with Crippen LogP contribution in [0.25, 0.3) is 0 Å². The lowest BCUT2D eigenvalue weighted by atomic mass is 10.2. The molecule has 2 rings (SSSR count). The van der Waals surface area contributed by atoms with Crippen LogP contribution in [0.4, 0.5) is 11.4 Å². The molecule has 0 aromatic heterocycles. The van der Waals surface area contributed by atoms with Gasteiger partial charge in [0.25, 0.3) is 5.69 Å². The molecule has 7 nitrogen and oxygen atoms in total. The second-order valence-electron chi connectivity index (χ2n) is 5.60. The van der Waals surface area contributed by atoms with Crippen LogP contribution in [-0.2, 0) is 9.84 Å². The maximum Gasteiger partial charge on any atom is 0.271 e. The van der Waals surface area contributed by atoms with Gasteiger partial charge in [-0.05, 0) is 31.1 Å². The maximum atomic E-state index is 11.7. The Bertz CT molecular complexity index is 754. The lowest BCUT2D eigenvalue weighted by molar-refractivity contribution is -0.384. The summed E-state index contributed by atoms with van der Waals surface area (Å²) < 4.78 is 23.4. The van der Waals surface area contributed by atoms with Crippen LogP contribution in [0.1, 0.15) is 19.8 Å². The predicted octanol–water partition coefficient (Wildman–Crippen LogP) is 2.84. The summed E-state index contributed by atoms with van der Waals surface area (Å²) in [5.74, 6) is 0.218. The van der Waals surface area contributed by atoms with E-state index in [9.17, 15) is 18.5 Å². The highest BCUT2D eigenvalue weighted by Gasteiger charge is 2.33. The number of benzene rings is 1. The monoisotopic (exact) mass is 391 g/mol. The van der Waals surface area contributed by atoms with E-state index in [4.69, 9.17) is 23.8 Å². The molecule has 0 spiro atoms. The summed E-state index contributed by atoms with van der Waals surface area (Å²) in [4.78, 5) is 12.2. The average molecular weight is 392 g/mol. The van der Waals surface area contributed by atoms with Crippen molar-refractivity contribution in [3.05, 3.63) is 33.3 Å². The SMILES string of the molecule is CCCN(C(=S)Nc1cc([N+](=O)[O-])ccc1Cl)[C@@H]1CCS(=O)(=O)C1. The minimum atomic E-state index is -3.04. The van der Waals surface area contributed by atoms with Gasteiger partial charge in [-0.15, -0.1) is 0 Å². The minimum absolute atomic E-state index is 0.0670. The van der Waals surface area contributed by atoms with Crippen molar-refractivity contribution in [2.24, 2.45) is 0 Å². The molecule has 1 fully saturated rings. The molecular formula is C14H18ClN3O4S2. The molecule has 0 bridgehead atoms. The average Bonchev–Trinajstić information content (AvgIpc) is 2.86. The number of halogens is 1. The van der Waals surface area contributed by atoms with E-state index in [1.165, 1.54) is 18.2 Å². The first-order valence-electron chi connectivity index (χ1n) is 7.45. The molecule has 1 aliphatic rings. The number of nitro groups is 1. The van der Waals surface area contributed by atoms with Crippen molar-refractivity contribution < 1.29 is 13.3 Å². The number of anilines is 1. The molecule has 1 aliphatic heterocycles. The summed E-state index contributed by atoms with van der Waals surface area (Å²) in [5, 5.41) is 14.4. The van der Waals surface area contributed by atoms with Gasteiger partial charge < -0.3 is 10.2 Å². The molecule has 1 atom stereocenters. The molecule has 0 radical (unpaired) electrons. The molecule has 0 aliphatic carbocycles. The van der Waals surface area contributed by atoms with Crippen molar-refractivity contribution in [2.45, 2.75) is 25.8 Å². The van der Waals surface area contributed by atoms with Crippen LogP contribution in [0.3, 0.4) is 0 Å². The van der Waals surface area contributed by atoms with E-state index in [0.29, 0.717) is 28.8 Å². The molecule has 1 aromatic carbocycles. The maximum absolute atomic E-state index is 11.7. The van der Waals surface area contributed by atoms with Gasteiger partial charge in [0.1, 0.15) is 0 Å². The number of rotatable bonds is 5. The fourth-order valence-electron chi connectivity index (χ4n) is 2.62. The molecule has 0 amide bonds. The topological polar surface area (TPSA) is 92.5 Å². The zero-order chi connectivity index (χ0) is 17.9. The van der Waals surface area contributed by atoms with Crippen LogP contribution < -0.4 is 5.32 Å². The smallest absolute Gasteiger partial charge is 0.271 e. The summed E-state index contributed by atoms with van der Waals surface area (Å²) in [6, 6.07) is 3.86. The van der Waals surface area contributed by atoms with Gasteiger partial charge in [0.2, 0.25) is 0 Å². The highest BCUT2D eigenvalue weighted by atomic mass is 35.5. The summed E-state index contributed by atoms with van der Waals surface area (Å²) in [6.07, 6.45) is 1.31. The quantitative estimate of drug-likeness (QED) is 0.468. The minimum Gasteiger partial charge on any atom is -0.345 e. The molecule has 1 heterocycles. The highest BCUT2D eigenvalue weighted by molar-refractivity contribution is 7.91. The van der Waals surface area contributed by atoms with Gasteiger partial charge in [-0.25, -0.2) is 8.42 Å². The standard InChI is InChI=1S/C14H18ClN3O4S2/c1-2-6-17(11-5-7-24(21,22)9-11)14(23)16-13-8-10(18(19)20)3-4-12(13)15/h3-4,8,11H,2,5-7,9H2,1H3,(H,16,23)/t11-/m1/s1. The van der Waals surface area contributed by atoms with Crippen molar-refractivity contribution in [3.63, 3.8) is 0 Å². The lowest BCUT2D eigenvalue weighted by Gasteiger charge is -2.30. The fourth-order valence-corrected chi connectivity index (χ4v) is 4.87. The summed E-state index contributed by atoms with van der Waals surface area (Å²) in [7, 11) is -3.04. The number of nitrogens with one attached hydrogen (secondary N) is 1. The third-order valence-electron chi connectivity index (χ3n) is 3.78. The molecule has 132 valence electrons. The molecule has 0 unspecified atom stereocenters. The van der Waals surface area contributed by atoms with E-state index in [1.807, 2.05) is 11.8 Å². The Balaban J connectivity index is 2.19. The summed E-state index contributed by atoms with van der Waals surface area (Å²) >= 11 is 11.5. The first-order chi connectivity index (χ1) is 11.2. The molecule has 1 N–H and O–H groups in total. The predicted molar refractivity (Wildman–Crippen MR) is 98.4 cm³/mol. The number of thiocarbonyl (C=S) groups is 1. The van der Waals surface area contributed by atoms with E-state index in [0.717, 1.165) is 6.42 Å². The number of hydrogen-bond acceptors (Lipinski definition) is 5. The van der Waals surface area contributed by atoms with E-state index in [-0.39, 0.29) is 23.2 Å². The van der Waals surface area contributed by atoms with E-state index in [2.05, 4.69) is 5.32 Å². The third-order valence-corrected chi connectivity index (χ3v) is 6.19. The van der Waals surface area contributed by atoms with Crippen LogP contribution >= 0.6 is 23.8 Å². The van der Waals surface area contributed by atoms with Crippen LogP contribution in [0, 0.1) is 10.1 Å². The van der Waals surface area contributed by atoms with Crippen molar-refractivity contribution in [1.29, 1.82) is 0 Å². The second-order valence-corrected chi connectivity index (χ2v) is 8.62. The Morgan fingerprint density at radius 1 is 1.54 bits per heavy atom. The van der Waals surface area contributed by atoms with Gasteiger partial charge in [0.05, 0.1) is 27.1 Å². The fraction of sp³-hybridized carbons (Fsp3) is 0.500. The molecule has 1 saturated heterocycles. The van der Waals surface area contributed by atoms with E-state index < -0.39 is 14.8 Å². The van der Waals surface area contributed by atoms with Crippen LogP contribution in [0.5, 0.6) is 0 Å². The van der Waals surface area contributed by atoms with Crippen LogP contribution in [0.2, 0.25) is 5.02 Å². The highest BCUT2D eigenvalue weighted by Crippen LogP contribution is 2.28. The molecule has 24 heavy (non-hydrogen) atoms. The van der Waals surface area contributed by atoms with E-state index >= 15 is 0 Å². The summed E-state index contributed by atoms with van der Waals surface area (Å²) in [5.41, 5.74) is 0.230. The lowest BCUT2D eigenvalue weighted by Crippen LogP contribution is -2.43. The molecular weight excluding hydrogens is 374 g/mol. The Hall–Kier alpha value is -1.45. The van der Waals surface area contributed by atoms with Gasteiger partial charge in [0.15, 0.2) is 14.9 Å². The van der Waals surface area contributed by atoms with Gasteiger partial charge in [0, 0.05) is 24.7 Å². The van der Waals surface area contributed by atoms with Gasteiger partial charge in [-0.1, -0.05) is 18.5 Å². The summed E-state index contributed by atoms with van der Waals surface area (Å²) in [6.45, 7) is 2.57. The number of non-ortho nitro benzene ring substituents is 1.